The van der Waals surface area contributed by atoms with E-state index in [1.807, 2.05) is 0 Å². The molecule has 0 saturated heterocycles. The fourth-order valence-electron chi connectivity index (χ4n) is 7.63. The first-order valence-electron chi connectivity index (χ1n) is 17.6. The van der Waals surface area contributed by atoms with Crippen molar-refractivity contribution in [2.45, 2.75) is 102 Å². The molecule has 0 fully saturated rings. The van der Waals surface area contributed by atoms with Gasteiger partial charge in [0.05, 0.1) is 0 Å². The molecule has 0 N–H and O–H groups in total. The molecule has 0 heterocycles. The maximum atomic E-state index is 2.73. The average molecular weight is 684 g/mol. The molecule has 0 aliphatic heterocycles. The molecule has 0 nitrogen and oxygen atoms in total. The molecule has 2 aliphatic rings. The van der Waals surface area contributed by atoms with Crippen molar-refractivity contribution in [2.75, 3.05) is 0 Å². The van der Waals surface area contributed by atoms with Gasteiger partial charge in [-0.3, -0.25) is 0 Å². The van der Waals surface area contributed by atoms with Gasteiger partial charge in [-0.05, 0) is 0 Å². The summed E-state index contributed by atoms with van der Waals surface area (Å²) in [6, 6.07) is 37.9. The fourth-order valence-corrected chi connectivity index (χ4v) is 16.9. The second-order valence-corrected chi connectivity index (χ2v) is 21.8. The Hall–Kier alpha value is -2.89. The molecular formula is C45H52Zr. The molecule has 0 atom stereocenters. The summed E-state index contributed by atoms with van der Waals surface area (Å²) in [6.45, 7) is 18.9. The van der Waals surface area contributed by atoms with Gasteiger partial charge < -0.3 is 0 Å². The molecular weight excluding hydrogens is 632 g/mol. The Labute approximate surface area is 286 Å². The molecule has 6 rings (SSSR count). The zero-order chi connectivity index (χ0) is 32.6. The number of rotatable bonds is 8. The van der Waals surface area contributed by atoms with Crippen LogP contribution in [0.25, 0.3) is 11.1 Å². The predicted octanol–water partition coefficient (Wildman–Crippen LogP) is 12.4. The Morgan fingerprint density at radius 3 is 1.54 bits per heavy atom. The summed E-state index contributed by atoms with van der Waals surface area (Å²) in [5, 5.41) is 0. The summed E-state index contributed by atoms with van der Waals surface area (Å²) in [4.78, 5) is 0. The summed E-state index contributed by atoms with van der Waals surface area (Å²) in [5.74, 6) is 0. The molecule has 0 radical (unpaired) electrons. The molecule has 2 aliphatic carbocycles. The van der Waals surface area contributed by atoms with Crippen LogP contribution in [0.1, 0.15) is 125 Å². The van der Waals surface area contributed by atoms with Crippen LogP contribution in [0.5, 0.6) is 0 Å². The predicted molar refractivity (Wildman–Crippen MR) is 197 cm³/mol. The van der Waals surface area contributed by atoms with Crippen molar-refractivity contribution in [3.8, 4) is 11.1 Å². The number of hydrogen-bond acceptors (Lipinski definition) is 0. The van der Waals surface area contributed by atoms with Gasteiger partial charge >= 0.3 is 288 Å². The Morgan fingerprint density at radius 1 is 0.630 bits per heavy atom. The molecule has 46 heavy (non-hydrogen) atoms. The molecule has 0 bridgehead atoms. The minimum atomic E-state index is -2.81. The minimum absolute atomic E-state index is 0.0939. The van der Waals surface area contributed by atoms with Crippen molar-refractivity contribution >= 4 is 3.21 Å². The summed E-state index contributed by atoms with van der Waals surface area (Å²) in [5.41, 5.74) is 15.3. The van der Waals surface area contributed by atoms with Crippen LogP contribution < -0.4 is 0 Å². The summed E-state index contributed by atoms with van der Waals surface area (Å²) in [6.07, 6.45) is 8.74. The van der Waals surface area contributed by atoms with Crippen molar-refractivity contribution in [1.29, 1.82) is 0 Å². The first-order valence-corrected chi connectivity index (χ1v) is 21.4. The molecule has 0 amide bonds. The first-order chi connectivity index (χ1) is 22.0. The van der Waals surface area contributed by atoms with E-state index in [9.17, 15) is 0 Å². The van der Waals surface area contributed by atoms with Gasteiger partial charge in [-0.2, -0.15) is 0 Å². The second kappa shape index (κ2) is 13.3. The van der Waals surface area contributed by atoms with Crippen molar-refractivity contribution in [2.24, 2.45) is 0 Å². The van der Waals surface area contributed by atoms with Gasteiger partial charge in [-0.1, -0.05) is 0 Å². The number of fused-ring (bicyclic) bond motifs is 3. The van der Waals surface area contributed by atoms with Gasteiger partial charge in [-0.15, -0.1) is 0 Å². The Morgan fingerprint density at radius 2 is 1.11 bits per heavy atom. The topological polar surface area (TPSA) is 0 Å². The van der Waals surface area contributed by atoms with Crippen molar-refractivity contribution in [1.82, 2.24) is 0 Å². The van der Waals surface area contributed by atoms with Crippen LogP contribution in [-0.4, -0.2) is 3.21 Å². The maximum absolute atomic E-state index is 2.81. The van der Waals surface area contributed by atoms with Gasteiger partial charge in [-0.25, -0.2) is 0 Å². The first kappa shape index (κ1) is 33.0. The van der Waals surface area contributed by atoms with Crippen LogP contribution in [0.15, 0.2) is 118 Å². The van der Waals surface area contributed by atoms with Crippen LogP contribution in [0, 0.1) is 0 Å². The Bertz CT molecular complexity index is 1710. The van der Waals surface area contributed by atoms with E-state index in [1.165, 1.54) is 65.5 Å². The summed E-state index contributed by atoms with van der Waals surface area (Å²) in [7, 11) is 0. The van der Waals surface area contributed by atoms with Gasteiger partial charge in [0.1, 0.15) is 0 Å². The third kappa shape index (κ3) is 6.47. The number of benzene rings is 4. The third-order valence-electron chi connectivity index (χ3n) is 10.1. The zero-order valence-electron chi connectivity index (χ0n) is 29.4. The molecule has 0 spiro atoms. The van der Waals surface area contributed by atoms with Crippen LogP contribution in [0.3, 0.4) is 0 Å². The van der Waals surface area contributed by atoms with E-state index >= 15 is 0 Å². The van der Waals surface area contributed by atoms with E-state index in [0.29, 0.717) is 3.63 Å². The molecule has 1 heteroatoms. The average Bonchev–Trinajstić information content (AvgIpc) is 3.58. The van der Waals surface area contributed by atoms with E-state index in [-0.39, 0.29) is 10.8 Å². The number of hydrogen-bond donors (Lipinski definition) is 0. The Kier molecular flexibility index (Phi) is 9.56. The zero-order valence-corrected chi connectivity index (χ0v) is 31.9. The fraction of sp³-hybridized carbons (Fsp3) is 0.356. The SMILES string of the molecule is CCCC1=C(CCC)C[C]([Zr](=[C](c2ccccc2)c2ccccc2)[CH]2c3cc(C(C)(C)C)ccc3-c3ccc(C(C)(C)C)cc32)=C1. The van der Waals surface area contributed by atoms with E-state index in [0.717, 1.165) is 0 Å². The van der Waals surface area contributed by atoms with Crippen LogP contribution in [0.4, 0.5) is 0 Å². The van der Waals surface area contributed by atoms with Gasteiger partial charge in [0.25, 0.3) is 0 Å². The van der Waals surface area contributed by atoms with Gasteiger partial charge in [0.15, 0.2) is 0 Å². The number of allylic oxidation sites excluding steroid dienone is 4. The molecule has 0 aromatic heterocycles. The molecule has 4 aromatic carbocycles. The molecule has 236 valence electrons. The van der Waals surface area contributed by atoms with E-state index in [4.69, 9.17) is 0 Å². The molecule has 0 saturated carbocycles. The molecule has 4 aromatic rings. The quantitative estimate of drug-likeness (QED) is 0.173. The third-order valence-corrected chi connectivity index (χ3v) is 18.2. The van der Waals surface area contributed by atoms with Crippen molar-refractivity contribution < 1.29 is 21.3 Å². The van der Waals surface area contributed by atoms with E-state index < -0.39 is 21.3 Å². The standard InChI is InChI=1S/C21H25.C13H10.C11H17.Zr/c1-20(2,3)16-7-9-18-14(12-16)11-15-13-17(21(4,5)6)8-10-19(15)18;1-3-7-12(8-4-1)11-13-9-5-2-6-10-13;1-3-6-10-8-5-9-11(10)7-4-2;/h7-13H,1-6H3;1-10H;8H,3-4,6-7,9H2,1-2H3;. The van der Waals surface area contributed by atoms with Crippen LogP contribution in [0.2, 0.25) is 0 Å². The summed E-state index contributed by atoms with van der Waals surface area (Å²) >= 11 is -2.81. The van der Waals surface area contributed by atoms with E-state index in [2.05, 4.69) is 159 Å². The normalized spacial score (nSPS) is 14.7. The van der Waals surface area contributed by atoms with Crippen molar-refractivity contribution in [3.63, 3.8) is 0 Å². The Balaban J connectivity index is 1.73. The summed E-state index contributed by atoms with van der Waals surface area (Å²) < 4.78 is 3.85. The molecule has 0 unspecified atom stereocenters. The van der Waals surface area contributed by atoms with Gasteiger partial charge in [0, 0.05) is 0 Å². The van der Waals surface area contributed by atoms with Crippen molar-refractivity contribution in [3.05, 3.63) is 151 Å². The van der Waals surface area contributed by atoms with Gasteiger partial charge in [0.2, 0.25) is 0 Å². The second-order valence-electron chi connectivity index (χ2n) is 15.5. The monoisotopic (exact) mass is 682 g/mol. The van der Waals surface area contributed by atoms with Crippen LogP contribution in [-0.2, 0) is 32.1 Å². The van der Waals surface area contributed by atoms with Crippen LogP contribution >= 0.6 is 0 Å². The van der Waals surface area contributed by atoms with E-state index in [1.54, 1.807) is 28.8 Å².